The van der Waals surface area contributed by atoms with Gasteiger partial charge in [-0.15, -0.1) is 0 Å². The molecule has 2 aliphatic heterocycles. The summed E-state index contributed by atoms with van der Waals surface area (Å²) < 4.78 is 7.58. The minimum atomic E-state index is -0.0907. The van der Waals surface area contributed by atoms with E-state index in [0.717, 1.165) is 55.6 Å². The highest BCUT2D eigenvalue weighted by Gasteiger charge is 2.43. The largest absolute Gasteiger partial charge is 0.497 e. The molecule has 30 heavy (non-hydrogen) atoms. The molecule has 1 fully saturated rings. The third kappa shape index (κ3) is 3.16. The molecule has 1 N–H and O–H groups in total. The molecule has 0 radical (unpaired) electrons. The zero-order chi connectivity index (χ0) is 20.7. The Morgan fingerprint density at radius 3 is 2.57 bits per heavy atom. The molecular formula is C24H29N5O. The number of hydrogen-bond donors (Lipinski definition) is 1. The Balaban J connectivity index is 1.40. The van der Waals surface area contributed by atoms with E-state index < -0.39 is 0 Å². The lowest BCUT2D eigenvalue weighted by Crippen LogP contribution is -2.49. The van der Waals surface area contributed by atoms with Crippen LogP contribution in [0, 0.1) is 0 Å². The second-order valence-electron chi connectivity index (χ2n) is 8.70. The van der Waals surface area contributed by atoms with Gasteiger partial charge in [0.05, 0.1) is 30.2 Å². The average molecular weight is 404 g/mol. The van der Waals surface area contributed by atoms with Crippen LogP contribution >= 0.6 is 0 Å². The van der Waals surface area contributed by atoms with Crippen molar-refractivity contribution in [3.63, 3.8) is 0 Å². The predicted molar refractivity (Wildman–Crippen MR) is 118 cm³/mol. The van der Waals surface area contributed by atoms with Crippen LogP contribution in [0.25, 0.3) is 5.82 Å². The molecule has 1 spiro atoms. The van der Waals surface area contributed by atoms with Crippen LogP contribution in [0.5, 0.6) is 5.75 Å². The molecule has 1 aromatic carbocycles. The Bertz CT molecular complexity index is 1030. The van der Waals surface area contributed by atoms with E-state index in [9.17, 15) is 0 Å². The number of pyridine rings is 1. The Hall–Kier alpha value is -2.86. The normalized spacial score (nSPS) is 17.5. The van der Waals surface area contributed by atoms with Crippen molar-refractivity contribution in [2.24, 2.45) is 0 Å². The molecule has 6 heteroatoms. The molecular weight excluding hydrogens is 374 g/mol. The van der Waals surface area contributed by atoms with Crippen LogP contribution in [-0.4, -0.2) is 39.6 Å². The second-order valence-corrected chi connectivity index (χ2v) is 8.70. The summed E-state index contributed by atoms with van der Waals surface area (Å²) >= 11 is 0. The summed E-state index contributed by atoms with van der Waals surface area (Å²) in [4.78, 5) is 12.0. The lowest BCUT2D eigenvalue weighted by Gasteiger charge is -2.45. The summed E-state index contributed by atoms with van der Waals surface area (Å²) in [5.41, 5.74) is 3.59. The molecule has 1 saturated heterocycles. The van der Waals surface area contributed by atoms with Gasteiger partial charge in [0.25, 0.3) is 0 Å². The second kappa shape index (κ2) is 7.43. The molecule has 3 aromatic rings. The van der Waals surface area contributed by atoms with Crippen molar-refractivity contribution in [2.45, 2.75) is 44.7 Å². The van der Waals surface area contributed by atoms with Gasteiger partial charge in [-0.1, -0.05) is 26.0 Å². The van der Waals surface area contributed by atoms with Gasteiger partial charge in [0.15, 0.2) is 5.82 Å². The number of rotatable bonds is 4. The van der Waals surface area contributed by atoms with Gasteiger partial charge in [0.1, 0.15) is 11.6 Å². The number of nitrogens with one attached hydrogen (secondary N) is 1. The summed E-state index contributed by atoms with van der Waals surface area (Å²) in [6, 6.07) is 12.6. The number of likely N-dealkylation sites (tertiary alicyclic amines) is 1. The fraction of sp³-hybridized carbons (Fsp3) is 0.417. The molecule has 0 atom stereocenters. The summed E-state index contributed by atoms with van der Waals surface area (Å²) in [5.74, 6) is 3.31. The lowest BCUT2D eigenvalue weighted by atomic mass is 9.82. The van der Waals surface area contributed by atoms with Crippen LogP contribution in [0.15, 0.2) is 48.8 Å². The van der Waals surface area contributed by atoms with E-state index in [2.05, 4.69) is 58.0 Å². The zero-order valence-electron chi connectivity index (χ0n) is 17.9. The van der Waals surface area contributed by atoms with E-state index >= 15 is 0 Å². The number of hydrogen-bond acceptors (Lipinski definition) is 5. The number of methoxy groups -OCH3 is 1. The van der Waals surface area contributed by atoms with E-state index in [4.69, 9.17) is 9.72 Å². The minimum absolute atomic E-state index is 0.0907. The van der Waals surface area contributed by atoms with Gasteiger partial charge < -0.3 is 10.1 Å². The molecule has 4 heterocycles. The summed E-state index contributed by atoms with van der Waals surface area (Å²) in [7, 11) is 1.71. The number of ether oxygens (including phenoxy) is 1. The standard InChI is InChI=1S/C24H29N5O/c1-17(2)22-26-15-21-24(27-20-5-4-12-25-23(20)29(21)22)10-13-28(14-11-24)16-18-6-8-19(30-3)9-7-18/h4-9,12,15,17,27H,10-11,13-14,16H2,1-3H3. The van der Waals surface area contributed by atoms with Crippen molar-refractivity contribution in [3.05, 3.63) is 65.9 Å². The van der Waals surface area contributed by atoms with Gasteiger partial charge in [-0.05, 0) is 42.7 Å². The topological polar surface area (TPSA) is 55.2 Å². The van der Waals surface area contributed by atoms with Crippen molar-refractivity contribution in [1.82, 2.24) is 19.4 Å². The molecule has 0 aliphatic carbocycles. The molecule has 0 amide bonds. The maximum Gasteiger partial charge on any atom is 0.161 e. The molecule has 5 rings (SSSR count). The van der Waals surface area contributed by atoms with Crippen molar-refractivity contribution in [3.8, 4) is 11.6 Å². The van der Waals surface area contributed by atoms with Crippen molar-refractivity contribution < 1.29 is 4.74 Å². The Kier molecular flexibility index (Phi) is 4.74. The quantitative estimate of drug-likeness (QED) is 0.703. The maximum atomic E-state index is 5.28. The van der Waals surface area contributed by atoms with Crippen LogP contribution in [0.3, 0.4) is 0 Å². The summed E-state index contributed by atoms with van der Waals surface area (Å²) in [6.07, 6.45) is 6.02. The van der Waals surface area contributed by atoms with E-state index in [1.807, 2.05) is 24.4 Å². The average Bonchev–Trinajstić information content (AvgIpc) is 3.23. The first-order valence-corrected chi connectivity index (χ1v) is 10.8. The number of aromatic nitrogens is 3. The Labute approximate surface area is 177 Å². The molecule has 2 aromatic heterocycles. The molecule has 2 aliphatic rings. The summed E-state index contributed by atoms with van der Waals surface area (Å²) in [6.45, 7) is 7.44. The van der Waals surface area contributed by atoms with Crippen LogP contribution in [-0.2, 0) is 12.1 Å². The molecule has 6 nitrogen and oxygen atoms in total. The third-order valence-corrected chi connectivity index (χ3v) is 6.44. The van der Waals surface area contributed by atoms with Crippen LogP contribution < -0.4 is 10.1 Å². The summed E-state index contributed by atoms with van der Waals surface area (Å²) in [5, 5.41) is 3.85. The number of anilines is 1. The fourth-order valence-electron chi connectivity index (χ4n) is 4.79. The third-order valence-electron chi connectivity index (χ3n) is 6.44. The van der Waals surface area contributed by atoms with Crippen LogP contribution in [0.1, 0.15) is 49.7 Å². The number of benzene rings is 1. The van der Waals surface area contributed by atoms with Gasteiger partial charge in [0.2, 0.25) is 0 Å². The first-order valence-electron chi connectivity index (χ1n) is 10.8. The molecule has 156 valence electrons. The fourth-order valence-corrected chi connectivity index (χ4v) is 4.79. The highest BCUT2D eigenvalue weighted by atomic mass is 16.5. The molecule has 0 unspecified atom stereocenters. The smallest absolute Gasteiger partial charge is 0.161 e. The highest BCUT2D eigenvalue weighted by Crippen LogP contribution is 2.44. The highest BCUT2D eigenvalue weighted by molar-refractivity contribution is 5.63. The van der Waals surface area contributed by atoms with E-state index in [1.165, 1.54) is 11.3 Å². The number of imidazole rings is 1. The van der Waals surface area contributed by atoms with Gasteiger partial charge in [-0.2, -0.15) is 0 Å². The molecule has 0 bridgehead atoms. The number of fused-ring (bicyclic) bond motifs is 4. The Morgan fingerprint density at radius 2 is 1.87 bits per heavy atom. The van der Waals surface area contributed by atoms with Gasteiger partial charge >= 0.3 is 0 Å². The van der Waals surface area contributed by atoms with Crippen LogP contribution in [0.2, 0.25) is 0 Å². The lowest BCUT2D eigenvalue weighted by molar-refractivity contribution is 0.161. The van der Waals surface area contributed by atoms with E-state index in [1.54, 1.807) is 7.11 Å². The SMILES string of the molecule is COc1ccc(CN2CCC3(CC2)Nc2cccnc2-n2c3cnc2C(C)C)cc1. The minimum Gasteiger partial charge on any atom is -0.497 e. The van der Waals surface area contributed by atoms with Gasteiger partial charge in [-0.25, -0.2) is 9.97 Å². The van der Waals surface area contributed by atoms with Gasteiger partial charge in [0, 0.05) is 31.7 Å². The zero-order valence-corrected chi connectivity index (χ0v) is 17.9. The van der Waals surface area contributed by atoms with Crippen molar-refractivity contribution in [1.29, 1.82) is 0 Å². The van der Waals surface area contributed by atoms with E-state index in [-0.39, 0.29) is 5.54 Å². The first-order chi connectivity index (χ1) is 14.6. The van der Waals surface area contributed by atoms with Gasteiger partial charge in [-0.3, -0.25) is 9.47 Å². The Morgan fingerprint density at radius 1 is 1.10 bits per heavy atom. The number of piperidine rings is 1. The molecule has 0 saturated carbocycles. The predicted octanol–water partition coefficient (Wildman–Crippen LogP) is 4.32. The monoisotopic (exact) mass is 403 g/mol. The van der Waals surface area contributed by atoms with Crippen molar-refractivity contribution >= 4 is 5.69 Å². The van der Waals surface area contributed by atoms with Crippen molar-refractivity contribution in [2.75, 3.05) is 25.5 Å². The maximum absolute atomic E-state index is 5.28. The van der Waals surface area contributed by atoms with Crippen LogP contribution in [0.4, 0.5) is 5.69 Å². The number of nitrogens with zero attached hydrogens (tertiary/aromatic N) is 4. The van der Waals surface area contributed by atoms with E-state index in [0.29, 0.717) is 5.92 Å². The first kappa shape index (κ1) is 19.1.